The monoisotopic (exact) mass is 759 g/mol. The molecule has 0 aliphatic rings. The highest BCUT2D eigenvalue weighted by molar-refractivity contribution is 5.72. The molecule has 1 N–H and O–H groups in total. The summed E-state index contributed by atoms with van der Waals surface area (Å²) in [6, 6.07) is -0.621. The number of hydrogen-bond donors (Lipinski definition) is 1. The highest BCUT2D eigenvalue weighted by Crippen LogP contribution is 2.13. The second-order valence-electron chi connectivity index (χ2n) is 15.3. The number of carboxylic acid groups (broad SMARTS) is 1. The van der Waals surface area contributed by atoms with E-state index in [4.69, 9.17) is 14.2 Å². The van der Waals surface area contributed by atoms with E-state index in [2.05, 4.69) is 68.5 Å². The van der Waals surface area contributed by atoms with Gasteiger partial charge in [0.15, 0.2) is 12.1 Å². The molecule has 0 radical (unpaired) electrons. The van der Waals surface area contributed by atoms with Crippen LogP contribution in [0.25, 0.3) is 0 Å². The van der Waals surface area contributed by atoms with Crippen LogP contribution in [0.15, 0.2) is 60.8 Å². The van der Waals surface area contributed by atoms with Gasteiger partial charge in [-0.2, -0.15) is 0 Å². The lowest BCUT2D eigenvalue weighted by atomic mass is 10.1. The predicted molar refractivity (Wildman–Crippen MR) is 224 cm³/mol. The highest BCUT2D eigenvalue weighted by Gasteiger charge is 2.31. The SMILES string of the molecule is CC/C=C/C=C/C=C/CCCCCCCC(=O)OC(COCCC(C(=O)O)[N+](C)(C)C)COC(=O)CCCCCCCCC/C=C/C/C=C/CCCCC. The summed E-state index contributed by atoms with van der Waals surface area (Å²) >= 11 is 0. The molecule has 54 heavy (non-hydrogen) atoms. The lowest BCUT2D eigenvalue weighted by Crippen LogP contribution is -2.50. The van der Waals surface area contributed by atoms with E-state index in [1.807, 2.05) is 27.2 Å². The summed E-state index contributed by atoms with van der Waals surface area (Å²) in [7, 11) is 5.51. The fourth-order valence-corrected chi connectivity index (χ4v) is 5.88. The number of carboxylic acids is 1. The second-order valence-corrected chi connectivity index (χ2v) is 15.3. The van der Waals surface area contributed by atoms with Crippen molar-refractivity contribution in [2.24, 2.45) is 0 Å². The minimum absolute atomic E-state index is 0.0477. The third-order valence-corrected chi connectivity index (χ3v) is 9.21. The standard InChI is InChI=1S/C46H79NO7/c1-6-8-10-12-14-16-18-20-21-22-23-25-26-28-30-32-34-36-44(48)53-41-42(40-52-39-38-43(46(50)51)47(3,4)5)54-45(49)37-35-33-31-29-27-24-19-17-15-13-11-9-7-2/h9,11,13-17,19-21,42-43H,6-8,10,12,18,22-41H2,1-5H3/p+1/b11-9+,15-13+,16-14+,19-17+,21-20+. The Kier molecular flexibility index (Phi) is 34.9. The van der Waals surface area contributed by atoms with E-state index < -0.39 is 18.1 Å². The normalized spacial score (nSPS) is 13.6. The number of esters is 2. The Labute approximate surface area is 330 Å². The Bertz CT molecular complexity index is 1070. The molecule has 0 rings (SSSR count). The summed E-state index contributed by atoms with van der Waals surface area (Å²) in [5.41, 5.74) is 0. The summed E-state index contributed by atoms with van der Waals surface area (Å²) in [5.74, 6) is -1.51. The molecule has 310 valence electrons. The Hall–Kier alpha value is -2.97. The molecule has 0 bridgehead atoms. The van der Waals surface area contributed by atoms with E-state index in [9.17, 15) is 19.5 Å². The third-order valence-electron chi connectivity index (χ3n) is 9.21. The summed E-state index contributed by atoms with van der Waals surface area (Å²) in [6.45, 7) is 4.53. The zero-order chi connectivity index (χ0) is 40.0. The molecule has 8 heteroatoms. The zero-order valence-electron chi connectivity index (χ0n) is 35.2. The summed E-state index contributed by atoms with van der Waals surface area (Å²) < 4.78 is 17.2. The molecule has 0 fully saturated rings. The van der Waals surface area contributed by atoms with Crippen molar-refractivity contribution in [2.45, 2.75) is 174 Å². The van der Waals surface area contributed by atoms with Crippen molar-refractivity contribution in [3.05, 3.63) is 60.8 Å². The van der Waals surface area contributed by atoms with E-state index in [0.717, 1.165) is 77.0 Å². The number of quaternary nitrogens is 1. The van der Waals surface area contributed by atoms with Crippen LogP contribution >= 0.6 is 0 Å². The van der Waals surface area contributed by atoms with Gasteiger partial charge in [0.05, 0.1) is 34.4 Å². The van der Waals surface area contributed by atoms with Crippen molar-refractivity contribution in [3.63, 3.8) is 0 Å². The summed E-state index contributed by atoms with van der Waals surface area (Å²) in [6.07, 6.45) is 44.0. The van der Waals surface area contributed by atoms with Gasteiger partial charge in [-0.25, -0.2) is 4.79 Å². The Morgan fingerprint density at radius 3 is 1.67 bits per heavy atom. The molecule has 0 spiro atoms. The minimum atomic E-state index is -0.882. The van der Waals surface area contributed by atoms with Gasteiger partial charge in [-0.15, -0.1) is 0 Å². The first-order valence-corrected chi connectivity index (χ1v) is 21.4. The summed E-state index contributed by atoms with van der Waals surface area (Å²) in [4.78, 5) is 36.9. The number of allylic oxidation sites excluding steroid dienone is 10. The maximum absolute atomic E-state index is 12.7. The van der Waals surface area contributed by atoms with Gasteiger partial charge in [0.2, 0.25) is 0 Å². The largest absolute Gasteiger partial charge is 0.477 e. The van der Waals surface area contributed by atoms with E-state index in [0.29, 0.717) is 19.3 Å². The van der Waals surface area contributed by atoms with Gasteiger partial charge in [-0.3, -0.25) is 9.59 Å². The van der Waals surface area contributed by atoms with Crippen molar-refractivity contribution in [1.29, 1.82) is 0 Å². The van der Waals surface area contributed by atoms with Gasteiger partial charge < -0.3 is 23.8 Å². The molecule has 0 aromatic rings. The molecule has 2 atom stereocenters. The molecule has 0 heterocycles. The van der Waals surface area contributed by atoms with Crippen LogP contribution in [-0.4, -0.2) is 80.6 Å². The maximum Gasteiger partial charge on any atom is 0.362 e. The zero-order valence-corrected chi connectivity index (χ0v) is 35.2. The van der Waals surface area contributed by atoms with Crippen LogP contribution in [0.5, 0.6) is 0 Å². The smallest absolute Gasteiger partial charge is 0.362 e. The molecule has 0 aromatic carbocycles. The number of aliphatic carboxylic acids is 1. The van der Waals surface area contributed by atoms with Crippen LogP contribution in [0, 0.1) is 0 Å². The highest BCUT2D eigenvalue weighted by atomic mass is 16.6. The maximum atomic E-state index is 12.7. The first-order chi connectivity index (χ1) is 26.1. The van der Waals surface area contributed by atoms with Crippen LogP contribution in [-0.2, 0) is 28.6 Å². The predicted octanol–water partition coefficient (Wildman–Crippen LogP) is 11.4. The molecule has 0 saturated carbocycles. The number of rotatable bonds is 37. The van der Waals surface area contributed by atoms with Crippen molar-refractivity contribution in [2.75, 3.05) is 41.0 Å². The summed E-state index contributed by atoms with van der Waals surface area (Å²) in [5, 5.41) is 9.61. The minimum Gasteiger partial charge on any atom is -0.477 e. The number of carbonyl (C=O) groups is 3. The number of likely N-dealkylation sites (N-methyl/N-ethyl adjacent to an activating group) is 1. The van der Waals surface area contributed by atoms with Crippen molar-refractivity contribution in [1.82, 2.24) is 0 Å². The van der Waals surface area contributed by atoms with Gasteiger partial charge in [0.25, 0.3) is 0 Å². The van der Waals surface area contributed by atoms with E-state index >= 15 is 0 Å². The van der Waals surface area contributed by atoms with Gasteiger partial charge in [-0.05, 0) is 64.2 Å². The van der Waals surface area contributed by atoms with Gasteiger partial charge >= 0.3 is 17.9 Å². The fourth-order valence-electron chi connectivity index (χ4n) is 5.88. The van der Waals surface area contributed by atoms with Gasteiger partial charge in [0, 0.05) is 19.3 Å². The first kappa shape index (κ1) is 51.0. The molecule has 0 saturated heterocycles. The Morgan fingerprint density at radius 2 is 1.11 bits per heavy atom. The van der Waals surface area contributed by atoms with Gasteiger partial charge in [0.1, 0.15) is 6.61 Å². The average Bonchev–Trinajstić information content (AvgIpc) is 3.12. The number of ether oxygens (including phenoxy) is 3. The molecule has 0 aromatic heterocycles. The van der Waals surface area contributed by atoms with E-state index in [1.165, 1.54) is 51.4 Å². The topological polar surface area (TPSA) is 99.1 Å². The van der Waals surface area contributed by atoms with Crippen LogP contribution in [0.1, 0.15) is 162 Å². The molecular formula is C46H80NO7+. The van der Waals surface area contributed by atoms with Crippen LogP contribution < -0.4 is 0 Å². The molecule has 2 unspecified atom stereocenters. The van der Waals surface area contributed by atoms with Crippen molar-refractivity contribution >= 4 is 17.9 Å². The van der Waals surface area contributed by atoms with Crippen LogP contribution in [0.4, 0.5) is 0 Å². The molecule has 0 aliphatic carbocycles. The number of nitrogens with zero attached hydrogens (tertiary/aromatic N) is 1. The first-order valence-electron chi connectivity index (χ1n) is 21.4. The van der Waals surface area contributed by atoms with Gasteiger partial charge in [-0.1, -0.05) is 139 Å². The number of hydrogen-bond acceptors (Lipinski definition) is 6. The molecular weight excluding hydrogens is 679 g/mol. The van der Waals surface area contributed by atoms with Crippen molar-refractivity contribution in [3.8, 4) is 0 Å². The van der Waals surface area contributed by atoms with Crippen LogP contribution in [0.3, 0.4) is 0 Å². The van der Waals surface area contributed by atoms with E-state index in [1.54, 1.807) is 0 Å². The average molecular weight is 759 g/mol. The number of carbonyl (C=O) groups excluding carboxylic acids is 2. The van der Waals surface area contributed by atoms with Crippen LogP contribution in [0.2, 0.25) is 0 Å². The lowest BCUT2D eigenvalue weighted by molar-refractivity contribution is -0.887. The molecule has 0 aliphatic heterocycles. The molecule has 0 amide bonds. The quantitative estimate of drug-likeness (QED) is 0.0221. The Balaban J connectivity index is 4.39. The number of unbranched alkanes of at least 4 members (excludes halogenated alkanes) is 15. The molecule has 8 nitrogen and oxygen atoms in total. The fraction of sp³-hybridized carbons (Fsp3) is 0.717. The second kappa shape index (κ2) is 37.0. The Morgan fingerprint density at radius 1 is 0.593 bits per heavy atom. The lowest BCUT2D eigenvalue weighted by Gasteiger charge is -2.31. The third kappa shape index (κ3) is 34.8. The van der Waals surface area contributed by atoms with E-state index in [-0.39, 0.29) is 36.2 Å². The van der Waals surface area contributed by atoms with Crippen molar-refractivity contribution < 1.29 is 38.2 Å².